The molecule has 4 nitrogen and oxygen atoms in total. The van der Waals surface area contributed by atoms with Crippen LogP contribution in [-0.2, 0) is 4.79 Å². The summed E-state index contributed by atoms with van der Waals surface area (Å²) in [7, 11) is 0. The fourth-order valence-corrected chi connectivity index (χ4v) is 2.83. The van der Waals surface area contributed by atoms with Gasteiger partial charge in [0.25, 0.3) is 0 Å². The van der Waals surface area contributed by atoms with Gasteiger partial charge in [-0.1, -0.05) is 6.07 Å². The third kappa shape index (κ3) is 3.00. The molecule has 0 unspecified atom stereocenters. The third-order valence-electron chi connectivity index (χ3n) is 3.82. The highest BCUT2D eigenvalue weighted by atomic mass is 19.3. The van der Waals surface area contributed by atoms with Crippen LogP contribution in [0.2, 0.25) is 0 Å². The second-order valence-corrected chi connectivity index (χ2v) is 5.20. The van der Waals surface area contributed by atoms with E-state index in [1.165, 1.54) is 18.2 Å². The van der Waals surface area contributed by atoms with Crippen molar-refractivity contribution >= 4 is 5.97 Å². The molecule has 6 heteroatoms. The second kappa shape index (κ2) is 5.49. The van der Waals surface area contributed by atoms with Gasteiger partial charge in [0.05, 0.1) is 17.0 Å². The standard InChI is InChI=1S/C15H12F2N2O2/c16-15(17)4-3-10(6-15)13(14(20)21)9-1-2-11(7-18)12(5-9)8-19/h1-2,5,10,13H,3-4,6H2,(H,20,21)/t10-,13-/m0/s1. The first-order chi connectivity index (χ1) is 9.88. The maximum atomic E-state index is 13.3. The van der Waals surface area contributed by atoms with Gasteiger partial charge in [0.2, 0.25) is 5.92 Å². The Morgan fingerprint density at radius 2 is 2.00 bits per heavy atom. The van der Waals surface area contributed by atoms with E-state index in [4.69, 9.17) is 10.5 Å². The SMILES string of the molecule is N#Cc1ccc([C@H](C(=O)O)[C@H]2CCC(F)(F)C2)cc1C#N. The number of carboxylic acids is 1. The Labute approximate surface area is 120 Å². The number of carbonyl (C=O) groups is 1. The predicted molar refractivity (Wildman–Crippen MR) is 68.5 cm³/mol. The molecule has 2 atom stereocenters. The fourth-order valence-electron chi connectivity index (χ4n) is 2.83. The minimum atomic E-state index is -2.83. The van der Waals surface area contributed by atoms with E-state index in [0.29, 0.717) is 5.56 Å². The highest BCUT2D eigenvalue weighted by Crippen LogP contribution is 2.45. The van der Waals surface area contributed by atoms with E-state index in [-0.39, 0.29) is 24.0 Å². The summed E-state index contributed by atoms with van der Waals surface area (Å²) in [6, 6.07) is 7.76. The zero-order chi connectivity index (χ0) is 15.6. The van der Waals surface area contributed by atoms with E-state index in [0.717, 1.165) is 0 Å². The van der Waals surface area contributed by atoms with Crippen LogP contribution in [0, 0.1) is 28.6 Å². The van der Waals surface area contributed by atoms with E-state index in [2.05, 4.69) is 0 Å². The number of benzene rings is 1. The highest BCUT2D eigenvalue weighted by Gasteiger charge is 2.45. The van der Waals surface area contributed by atoms with Crippen LogP contribution in [0.4, 0.5) is 8.78 Å². The molecule has 0 bridgehead atoms. The molecule has 1 aromatic rings. The summed E-state index contributed by atoms with van der Waals surface area (Å²) < 4.78 is 26.6. The third-order valence-corrected chi connectivity index (χ3v) is 3.82. The number of carboxylic acid groups (broad SMARTS) is 1. The van der Waals surface area contributed by atoms with Crippen LogP contribution < -0.4 is 0 Å². The average Bonchev–Trinajstić information content (AvgIpc) is 2.78. The van der Waals surface area contributed by atoms with Crippen LogP contribution in [-0.4, -0.2) is 17.0 Å². The second-order valence-electron chi connectivity index (χ2n) is 5.20. The lowest BCUT2D eigenvalue weighted by atomic mass is 9.83. The molecule has 0 aliphatic heterocycles. The summed E-state index contributed by atoms with van der Waals surface area (Å²) in [5.41, 5.74) is 0.494. The molecule has 0 spiro atoms. The van der Waals surface area contributed by atoms with Gasteiger partial charge >= 0.3 is 5.97 Å². The maximum Gasteiger partial charge on any atom is 0.311 e. The van der Waals surface area contributed by atoms with Crippen molar-refractivity contribution in [1.82, 2.24) is 0 Å². The highest BCUT2D eigenvalue weighted by molar-refractivity contribution is 5.77. The smallest absolute Gasteiger partial charge is 0.311 e. The normalized spacial score (nSPS) is 21.2. The molecule has 2 rings (SSSR count). The molecular weight excluding hydrogens is 278 g/mol. The van der Waals surface area contributed by atoms with Gasteiger partial charge in [-0.2, -0.15) is 10.5 Å². The molecule has 0 amide bonds. The van der Waals surface area contributed by atoms with Crippen LogP contribution >= 0.6 is 0 Å². The Bertz CT molecular complexity index is 659. The number of aliphatic carboxylic acids is 1. The van der Waals surface area contributed by atoms with Crippen molar-refractivity contribution in [3.63, 3.8) is 0 Å². The van der Waals surface area contributed by atoms with Gasteiger partial charge in [0, 0.05) is 12.8 Å². The Hall–Kier alpha value is -2.47. The van der Waals surface area contributed by atoms with Crippen LogP contribution in [0.15, 0.2) is 18.2 Å². The Balaban J connectivity index is 2.39. The van der Waals surface area contributed by atoms with Gasteiger partial charge in [-0.25, -0.2) is 8.78 Å². The Kier molecular flexibility index (Phi) is 3.90. The van der Waals surface area contributed by atoms with Crippen LogP contribution in [0.25, 0.3) is 0 Å². The minimum absolute atomic E-state index is 0.0611. The zero-order valence-electron chi connectivity index (χ0n) is 11.0. The molecule has 0 aromatic heterocycles. The lowest BCUT2D eigenvalue weighted by Gasteiger charge is -2.20. The minimum Gasteiger partial charge on any atom is -0.481 e. The summed E-state index contributed by atoms with van der Waals surface area (Å²) in [6.45, 7) is 0. The number of hydrogen-bond donors (Lipinski definition) is 1. The monoisotopic (exact) mass is 290 g/mol. The first-order valence-corrected chi connectivity index (χ1v) is 6.43. The summed E-state index contributed by atoms with van der Waals surface area (Å²) in [6.07, 6.45) is -0.652. The molecule has 108 valence electrons. The summed E-state index contributed by atoms with van der Waals surface area (Å²) in [5.74, 6) is -5.77. The number of rotatable bonds is 3. The molecule has 1 aliphatic rings. The van der Waals surface area contributed by atoms with Crippen LogP contribution in [0.1, 0.15) is 41.9 Å². The van der Waals surface area contributed by atoms with E-state index in [1.807, 2.05) is 12.1 Å². The lowest BCUT2D eigenvalue weighted by Crippen LogP contribution is -2.21. The Morgan fingerprint density at radius 3 is 2.48 bits per heavy atom. The number of nitrogens with zero attached hydrogens (tertiary/aromatic N) is 2. The van der Waals surface area contributed by atoms with Crippen molar-refractivity contribution in [2.24, 2.45) is 5.92 Å². The van der Waals surface area contributed by atoms with Gasteiger partial charge in [0.15, 0.2) is 0 Å². The molecule has 0 saturated heterocycles. The maximum absolute atomic E-state index is 13.3. The molecule has 1 N–H and O–H groups in total. The summed E-state index contributed by atoms with van der Waals surface area (Å²) >= 11 is 0. The first-order valence-electron chi connectivity index (χ1n) is 6.43. The van der Waals surface area contributed by atoms with Crippen molar-refractivity contribution in [3.8, 4) is 12.1 Å². The number of nitriles is 2. The quantitative estimate of drug-likeness (QED) is 0.927. The molecule has 1 fully saturated rings. The van der Waals surface area contributed by atoms with Crippen molar-refractivity contribution in [2.75, 3.05) is 0 Å². The fraction of sp³-hybridized carbons (Fsp3) is 0.400. The van der Waals surface area contributed by atoms with Crippen LogP contribution in [0.5, 0.6) is 0 Å². The van der Waals surface area contributed by atoms with Gasteiger partial charge in [0.1, 0.15) is 12.1 Å². The van der Waals surface area contributed by atoms with E-state index in [1.54, 1.807) is 0 Å². The van der Waals surface area contributed by atoms with Gasteiger partial charge < -0.3 is 5.11 Å². The average molecular weight is 290 g/mol. The van der Waals surface area contributed by atoms with Gasteiger partial charge in [-0.3, -0.25) is 4.79 Å². The molecular formula is C15H12F2N2O2. The van der Waals surface area contributed by atoms with Crippen LogP contribution in [0.3, 0.4) is 0 Å². The number of alkyl halides is 2. The Morgan fingerprint density at radius 1 is 1.33 bits per heavy atom. The van der Waals surface area contributed by atoms with Crippen molar-refractivity contribution in [1.29, 1.82) is 10.5 Å². The summed E-state index contributed by atoms with van der Waals surface area (Å²) in [5, 5.41) is 27.2. The zero-order valence-corrected chi connectivity index (χ0v) is 11.0. The van der Waals surface area contributed by atoms with Crippen molar-refractivity contribution in [2.45, 2.75) is 31.1 Å². The van der Waals surface area contributed by atoms with Gasteiger partial charge in [-0.05, 0) is 30.0 Å². The number of halogens is 2. The molecule has 1 saturated carbocycles. The van der Waals surface area contributed by atoms with Crippen molar-refractivity contribution in [3.05, 3.63) is 34.9 Å². The number of hydrogen-bond acceptors (Lipinski definition) is 3. The first kappa shape index (κ1) is 14.9. The largest absolute Gasteiger partial charge is 0.481 e. The molecule has 1 aromatic carbocycles. The molecule has 0 radical (unpaired) electrons. The lowest BCUT2D eigenvalue weighted by molar-refractivity contribution is -0.140. The summed E-state index contributed by atoms with van der Waals surface area (Å²) in [4.78, 5) is 11.5. The van der Waals surface area contributed by atoms with Crippen molar-refractivity contribution < 1.29 is 18.7 Å². The van der Waals surface area contributed by atoms with E-state index >= 15 is 0 Å². The molecule has 1 aliphatic carbocycles. The van der Waals surface area contributed by atoms with E-state index < -0.39 is 30.1 Å². The van der Waals surface area contributed by atoms with E-state index in [9.17, 15) is 18.7 Å². The molecule has 0 heterocycles. The topological polar surface area (TPSA) is 84.9 Å². The molecule has 21 heavy (non-hydrogen) atoms. The van der Waals surface area contributed by atoms with Gasteiger partial charge in [-0.15, -0.1) is 0 Å². The predicted octanol–water partition coefficient (Wildman–Crippen LogP) is 3.03.